The molecular weight excluding hydrogens is 385 g/mol. The molecule has 3 aliphatic rings. The molecule has 1 aliphatic heterocycles. The summed E-state index contributed by atoms with van der Waals surface area (Å²) in [4.78, 5) is 34.0. The molecule has 6 nitrogen and oxygen atoms in total. The lowest BCUT2D eigenvalue weighted by Crippen LogP contribution is -2.47. The molecule has 1 spiro atoms. The molecule has 0 unspecified atom stereocenters. The van der Waals surface area contributed by atoms with E-state index in [1.807, 2.05) is 0 Å². The SMILES string of the molecule is O=C(CN1CC2(CC2)c2cc([C@@]3(F)C[C@H]3F)ccc2C1=O)Nc1ncc(F)cn1. The van der Waals surface area contributed by atoms with Gasteiger partial charge in [-0.25, -0.2) is 23.1 Å². The Labute approximate surface area is 164 Å². The van der Waals surface area contributed by atoms with Crippen molar-refractivity contribution >= 4 is 17.8 Å². The molecule has 1 aromatic carbocycles. The number of rotatable bonds is 4. The fourth-order valence-electron chi connectivity index (χ4n) is 4.04. The van der Waals surface area contributed by atoms with Gasteiger partial charge >= 0.3 is 0 Å². The summed E-state index contributed by atoms with van der Waals surface area (Å²) in [6.45, 7) is 0.125. The molecule has 2 aromatic rings. The third-order valence-corrected chi connectivity index (χ3v) is 5.95. The van der Waals surface area contributed by atoms with Crippen molar-refractivity contribution in [1.29, 1.82) is 0 Å². The van der Waals surface area contributed by atoms with Gasteiger partial charge < -0.3 is 4.90 Å². The van der Waals surface area contributed by atoms with Crippen molar-refractivity contribution in [3.8, 4) is 0 Å². The lowest BCUT2D eigenvalue weighted by molar-refractivity contribution is -0.117. The predicted octanol–water partition coefficient (Wildman–Crippen LogP) is 2.65. The van der Waals surface area contributed by atoms with E-state index in [2.05, 4.69) is 15.3 Å². The van der Waals surface area contributed by atoms with Crippen LogP contribution in [0.4, 0.5) is 19.1 Å². The van der Waals surface area contributed by atoms with E-state index in [1.165, 1.54) is 17.0 Å². The maximum atomic E-state index is 14.5. The zero-order chi connectivity index (χ0) is 20.4. The van der Waals surface area contributed by atoms with Crippen LogP contribution in [0.1, 0.15) is 40.7 Å². The molecule has 2 heterocycles. The highest BCUT2D eigenvalue weighted by atomic mass is 19.2. The normalized spacial score (nSPS) is 26.2. The number of benzene rings is 1. The molecule has 1 aromatic heterocycles. The second kappa shape index (κ2) is 6.01. The first-order valence-electron chi connectivity index (χ1n) is 9.35. The fourth-order valence-corrected chi connectivity index (χ4v) is 4.04. The first-order chi connectivity index (χ1) is 13.8. The molecular formula is C20H17F3N4O2. The van der Waals surface area contributed by atoms with Crippen LogP contribution in [0.15, 0.2) is 30.6 Å². The van der Waals surface area contributed by atoms with E-state index in [4.69, 9.17) is 0 Å². The number of amides is 2. The van der Waals surface area contributed by atoms with Gasteiger partial charge in [-0.15, -0.1) is 0 Å². The van der Waals surface area contributed by atoms with Crippen molar-refractivity contribution < 1.29 is 22.8 Å². The molecule has 1 N–H and O–H groups in total. The van der Waals surface area contributed by atoms with Crippen molar-refractivity contribution in [2.75, 3.05) is 18.4 Å². The van der Waals surface area contributed by atoms with Gasteiger partial charge in [-0.1, -0.05) is 12.1 Å². The van der Waals surface area contributed by atoms with Crippen molar-refractivity contribution in [3.05, 3.63) is 53.1 Å². The van der Waals surface area contributed by atoms with Gasteiger partial charge in [0, 0.05) is 23.9 Å². The number of hydrogen-bond acceptors (Lipinski definition) is 4. The Morgan fingerprint density at radius 1 is 1.28 bits per heavy atom. The second-order valence-corrected chi connectivity index (χ2v) is 8.01. The molecule has 9 heteroatoms. The number of hydrogen-bond donors (Lipinski definition) is 1. The summed E-state index contributed by atoms with van der Waals surface area (Å²) in [6.07, 6.45) is 1.85. The minimum atomic E-state index is -1.94. The number of carbonyl (C=O) groups is 2. The average Bonchev–Trinajstić information content (AvgIpc) is 3.60. The minimum absolute atomic E-state index is 0.0505. The van der Waals surface area contributed by atoms with Crippen LogP contribution in [-0.2, 0) is 15.9 Å². The second-order valence-electron chi connectivity index (χ2n) is 8.01. The van der Waals surface area contributed by atoms with Crippen LogP contribution >= 0.6 is 0 Å². The van der Waals surface area contributed by atoms with Crippen molar-refractivity contribution in [2.24, 2.45) is 0 Å². The standard InChI is InChI=1S/C20H17F3N4O2/c21-12-7-24-18(25-8-12)26-16(28)9-27-10-19(3-4-19)14-5-11(20(23)6-15(20)22)1-2-13(14)17(27)29/h1-2,5,7-8,15H,3-4,6,9-10H2,(H,24,25,26,28)/t15-,20+/m1/s1. The molecule has 0 saturated heterocycles. The summed E-state index contributed by atoms with van der Waals surface area (Å²) >= 11 is 0. The van der Waals surface area contributed by atoms with E-state index in [0.29, 0.717) is 12.1 Å². The summed E-state index contributed by atoms with van der Waals surface area (Å²) in [6, 6.07) is 4.62. The van der Waals surface area contributed by atoms with Crippen molar-refractivity contribution in [3.63, 3.8) is 0 Å². The van der Waals surface area contributed by atoms with E-state index in [-0.39, 0.29) is 35.8 Å². The van der Waals surface area contributed by atoms with Gasteiger partial charge in [0.25, 0.3) is 5.91 Å². The van der Waals surface area contributed by atoms with Crippen molar-refractivity contribution in [1.82, 2.24) is 14.9 Å². The summed E-state index contributed by atoms with van der Waals surface area (Å²) in [5.74, 6) is -1.51. The number of aromatic nitrogens is 2. The summed E-state index contributed by atoms with van der Waals surface area (Å²) < 4.78 is 40.8. The Kier molecular flexibility index (Phi) is 3.75. The van der Waals surface area contributed by atoms with Crippen LogP contribution in [0.5, 0.6) is 0 Å². The molecule has 150 valence electrons. The Morgan fingerprint density at radius 2 is 1.97 bits per heavy atom. The highest BCUT2D eigenvalue weighted by Gasteiger charge is 2.59. The van der Waals surface area contributed by atoms with Gasteiger partial charge in [-0.3, -0.25) is 14.9 Å². The molecule has 2 aliphatic carbocycles. The zero-order valence-electron chi connectivity index (χ0n) is 15.3. The van der Waals surface area contributed by atoms with Crippen LogP contribution in [0.2, 0.25) is 0 Å². The number of nitrogens with one attached hydrogen (secondary N) is 1. The Bertz CT molecular complexity index is 1020. The molecule has 2 fully saturated rings. The van der Waals surface area contributed by atoms with Crippen LogP contribution in [0, 0.1) is 5.82 Å². The maximum Gasteiger partial charge on any atom is 0.254 e. The van der Waals surface area contributed by atoms with E-state index in [9.17, 15) is 22.8 Å². The van der Waals surface area contributed by atoms with Gasteiger partial charge in [0.2, 0.25) is 11.9 Å². The highest BCUT2D eigenvalue weighted by Crippen LogP contribution is 2.56. The Balaban J connectivity index is 1.36. The topological polar surface area (TPSA) is 75.2 Å². The smallest absolute Gasteiger partial charge is 0.254 e. The zero-order valence-corrected chi connectivity index (χ0v) is 15.3. The lowest BCUT2D eigenvalue weighted by Gasteiger charge is -2.34. The third-order valence-electron chi connectivity index (χ3n) is 5.95. The Hall–Kier alpha value is -2.97. The largest absolute Gasteiger partial charge is 0.328 e. The highest BCUT2D eigenvalue weighted by molar-refractivity contribution is 6.01. The molecule has 5 rings (SSSR count). The minimum Gasteiger partial charge on any atom is -0.328 e. The predicted molar refractivity (Wildman–Crippen MR) is 96.2 cm³/mol. The van der Waals surface area contributed by atoms with E-state index in [0.717, 1.165) is 30.8 Å². The molecule has 2 atom stereocenters. The van der Waals surface area contributed by atoms with Gasteiger partial charge in [0.1, 0.15) is 12.7 Å². The van der Waals surface area contributed by atoms with Gasteiger partial charge in [0.15, 0.2) is 11.5 Å². The quantitative estimate of drug-likeness (QED) is 0.853. The van der Waals surface area contributed by atoms with E-state index < -0.39 is 23.6 Å². The lowest BCUT2D eigenvalue weighted by atomic mass is 9.84. The monoisotopic (exact) mass is 402 g/mol. The van der Waals surface area contributed by atoms with Crippen LogP contribution in [-0.4, -0.2) is 45.9 Å². The Morgan fingerprint density at radius 3 is 2.59 bits per heavy atom. The van der Waals surface area contributed by atoms with E-state index in [1.54, 1.807) is 6.07 Å². The summed E-state index contributed by atoms with van der Waals surface area (Å²) in [7, 11) is 0. The first kappa shape index (κ1) is 18.1. The molecule has 2 saturated carbocycles. The van der Waals surface area contributed by atoms with Gasteiger partial charge in [-0.05, 0) is 30.0 Å². The molecule has 29 heavy (non-hydrogen) atoms. The maximum absolute atomic E-state index is 14.5. The van der Waals surface area contributed by atoms with E-state index >= 15 is 0 Å². The number of anilines is 1. The molecule has 2 amide bonds. The summed E-state index contributed by atoms with van der Waals surface area (Å²) in [5, 5.41) is 2.44. The van der Waals surface area contributed by atoms with Crippen LogP contribution in [0.3, 0.4) is 0 Å². The number of nitrogens with zero attached hydrogens (tertiary/aromatic N) is 3. The fraction of sp³-hybridized carbons (Fsp3) is 0.400. The number of alkyl halides is 2. The average molecular weight is 402 g/mol. The van der Waals surface area contributed by atoms with Gasteiger partial charge in [0.05, 0.1) is 12.4 Å². The number of carbonyl (C=O) groups excluding carboxylic acids is 2. The molecule has 0 radical (unpaired) electrons. The third kappa shape index (κ3) is 2.95. The molecule has 0 bridgehead atoms. The first-order valence-corrected chi connectivity index (χ1v) is 9.35. The van der Waals surface area contributed by atoms with Gasteiger partial charge in [-0.2, -0.15) is 0 Å². The van der Waals surface area contributed by atoms with Crippen molar-refractivity contribution in [2.45, 2.75) is 36.5 Å². The number of halogens is 3. The summed E-state index contributed by atoms with van der Waals surface area (Å²) in [5.41, 5.74) is -0.816. The number of fused-ring (bicyclic) bond motifs is 2. The van der Waals surface area contributed by atoms with Crippen LogP contribution < -0.4 is 5.32 Å². The van der Waals surface area contributed by atoms with Crippen LogP contribution in [0.25, 0.3) is 0 Å².